The van der Waals surface area contributed by atoms with Crippen molar-refractivity contribution in [2.24, 2.45) is 0 Å². The van der Waals surface area contributed by atoms with E-state index in [2.05, 4.69) is 17.9 Å². The number of likely N-dealkylation sites (tertiary alicyclic amines) is 1. The van der Waals surface area contributed by atoms with Gasteiger partial charge in [0.1, 0.15) is 12.7 Å². The summed E-state index contributed by atoms with van der Waals surface area (Å²) >= 11 is 0. The number of rotatable bonds is 4. The average molecular weight is 267 g/mol. The average Bonchev–Trinajstić information content (AvgIpc) is 3.29. The molecule has 2 aliphatic rings. The molecule has 0 spiro atoms. The molecule has 5 heteroatoms. The molecule has 0 N–H and O–H groups in total. The molecule has 2 aliphatic heterocycles. The molecular weight excluding hydrogens is 246 g/mol. The molecule has 0 saturated carbocycles. The van der Waals surface area contributed by atoms with Gasteiger partial charge < -0.3 is 14.4 Å². The maximum absolute atomic E-state index is 11.0. The Morgan fingerprint density at radius 1 is 1.21 bits per heavy atom. The normalized spacial score (nSPS) is 20.6. The number of esters is 1. The summed E-state index contributed by atoms with van der Waals surface area (Å²) in [4.78, 5) is 23.2. The summed E-state index contributed by atoms with van der Waals surface area (Å²) in [5.74, 6) is -0.301. The molecule has 2 heterocycles. The van der Waals surface area contributed by atoms with E-state index in [1.807, 2.05) is 4.90 Å². The topological polar surface area (TPSA) is 59.1 Å². The van der Waals surface area contributed by atoms with E-state index in [-0.39, 0.29) is 18.0 Å². The van der Waals surface area contributed by atoms with Crippen LogP contribution in [0.25, 0.3) is 0 Å². The maximum Gasteiger partial charge on any atom is 0.330 e. The fraction of sp³-hybridized carbons (Fsp3) is 0.571. The summed E-state index contributed by atoms with van der Waals surface area (Å²) in [5, 5.41) is 0. The van der Waals surface area contributed by atoms with Gasteiger partial charge in [-0.2, -0.15) is 0 Å². The van der Waals surface area contributed by atoms with Crippen LogP contribution in [0.4, 0.5) is 0 Å². The number of amides is 1. The number of carbonyl (C=O) groups is 2. The van der Waals surface area contributed by atoms with Gasteiger partial charge in [-0.1, -0.05) is 13.2 Å². The van der Waals surface area contributed by atoms with Crippen LogP contribution in [0.3, 0.4) is 0 Å². The summed E-state index contributed by atoms with van der Waals surface area (Å²) in [5.41, 5.74) is 0. The second kappa shape index (κ2) is 8.48. The van der Waals surface area contributed by atoms with E-state index in [4.69, 9.17) is 4.74 Å². The minimum absolute atomic E-state index is 0.0831. The van der Waals surface area contributed by atoms with Crippen LogP contribution in [0.15, 0.2) is 25.3 Å². The Bertz CT molecular complexity index is 330. The summed E-state index contributed by atoms with van der Waals surface area (Å²) < 4.78 is 9.42. The van der Waals surface area contributed by atoms with Crippen LogP contribution in [-0.2, 0) is 19.1 Å². The Labute approximate surface area is 113 Å². The van der Waals surface area contributed by atoms with Crippen LogP contribution in [0.2, 0.25) is 0 Å². The van der Waals surface area contributed by atoms with Crippen LogP contribution in [0.5, 0.6) is 0 Å². The molecule has 0 radical (unpaired) electrons. The first-order chi connectivity index (χ1) is 9.17. The molecule has 19 heavy (non-hydrogen) atoms. The van der Waals surface area contributed by atoms with Gasteiger partial charge in [0.15, 0.2) is 0 Å². The van der Waals surface area contributed by atoms with Crippen LogP contribution >= 0.6 is 0 Å². The minimum atomic E-state index is -0.384. The molecule has 5 nitrogen and oxygen atoms in total. The van der Waals surface area contributed by atoms with E-state index in [0.29, 0.717) is 13.2 Å². The van der Waals surface area contributed by atoms with Crippen molar-refractivity contribution in [3.05, 3.63) is 25.3 Å². The van der Waals surface area contributed by atoms with Gasteiger partial charge in [0.2, 0.25) is 5.91 Å². The van der Waals surface area contributed by atoms with Crippen LogP contribution < -0.4 is 0 Å². The number of hydrogen-bond acceptors (Lipinski definition) is 4. The van der Waals surface area contributed by atoms with Crippen molar-refractivity contribution >= 4 is 11.9 Å². The van der Waals surface area contributed by atoms with Crippen molar-refractivity contribution in [3.8, 4) is 0 Å². The van der Waals surface area contributed by atoms with Crippen LogP contribution in [0, 0.1) is 0 Å². The lowest BCUT2D eigenvalue weighted by atomic mass is 10.1. The molecule has 1 amide bonds. The van der Waals surface area contributed by atoms with E-state index < -0.39 is 0 Å². The molecule has 1 unspecified atom stereocenters. The van der Waals surface area contributed by atoms with E-state index in [1.165, 1.54) is 12.5 Å². The molecule has 2 saturated heterocycles. The highest BCUT2D eigenvalue weighted by Gasteiger charge is 2.23. The van der Waals surface area contributed by atoms with Gasteiger partial charge in [-0.3, -0.25) is 4.79 Å². The lowest BCUT2D eigenvalue weighted by Crippen LogP contribution is -2.34. The van der Waals surface area contributed by atoms with E-state index >= 15 is 0 Å². The quantitative estimate of drug-likeness (QED) is 0.437. The first-order valence-electron chi connectivity index (χ1n) is 6.49. The fourth-order valence-corrected chi connectivity index (χ4v) is 1.64. The van der Waals surface area contributed by atoms with Crippen molar-refractivity contribution in [2.75, 3.05) is 26.3 Å². The standard InChI is InChI=1S/C8H13NO.C6H8O3/c1-2-8(10)9-6-4-3-5-7-9;1-2-6(7)9-4-5-3-8-5/h2H,1,3-7H2;2,5H,1,3-4H2. The van der Waals surface area contributed by atoms with Gasteiger partial charge in [-0.15, -0.1) is 0 Å². The number of epoxide rings is 1. The lowest BCUT2D eigenvalue weighted by molar-refractivity contribution is -0.138. The molecule has 2 rings (SSSR count). The van der Waals surface area contributed by atoms with E-state index in [0.717, 1.165) is 32.0 Å². The Morgan fingerprint density at radius 3 is 2.32 bits per heavy atom. The summed E-state index contributed by atoms with van der Waals surface area (Å²) in [6, 6.07) is 0. The monoisotopic (exact) mass is 267 g/mol. The highest BCUT2D eigenvalue weighted by atomic mass is 16.6. The van der Waals surface area contributed by atoms with E-state index in [9.17, 15) is 9.59 Å². The first kappa shape index (κ1) is 15.4. The second-order valence-corrected chi connectivity index (χ2v) is 4.38. The molecule has 1 atom stereocenters. The molecule has 106 valence electrons. The van der Waals surface area contributed by atoms with Gasteiger partial charge in [0.05, 0.1) is 6.61 Å². The SMILES string of the molecule is C=CC(=O)N1CCCCC1.C=CC(=O)OCC1CO1. The van der Waals surface area contributed by atoms with Gasteiger partial charge >= 0.3 is 5.97 Å². The number of piperidine rings is 1. The lowest BCUT2D eigenvalue weighted by Gasteiger charge is -2.25. The Morgan fingerprint density at radius 2 is 1.84 bits per heavy atom. The fourth-order valence-electron chi connectivity index (χ4n) is 1.64. The summed E-state index contributed by atoms with van der Waals surface area (Å²) in [6.45, 7) is 9.61. The molecule has 0 aromatic carbocycles. The largest absolute Gasteiger partial charge is 0.460 e. The number of carbonyl (C=O) groups excluding carboxylic acids is 2. The summed E-state index contributed by atoms with van der Waals surface area (Å²) in [7, 11) is 0. The van der Waals surface area contributed by atoms with Gasteiger partial charge in [-0.25, -0.2) is 4.79 Å². The van der Waals surface area contributed by atoms with Crippen molar-refractivity contribution < 1.29 is 19.1 Å². The van der Waals surface area contributed by atoms with Crippen LogP contribution in [-0.4, -0.2) is 49.2 Å². The van der Waals surface area contributed by atoms with E-state index in [1.54, 1.807) is 0 Å². The predicted octanol–water partition coefficient (Wildman–Crippen LogP) is 1.30. The Balaban J connectivity index is 0.000000191. The van der Waals surface area contributed by atoms with Crippen LogP contribution in [0.1, 0.15) is 19.3 Å². The van der Waals surface area contributed by atoms with Gasteiger partial charge in [-0.05, 0) is 25.3 Å². The Kier molecular flexibility index (Phi) is 6.89. The third kappa shape index (κ3) is 6.76. The molecule has 0 aliphatic carbocycles. The number of hydrogen-bond donors (Lipinski definition) is 0. The van der Waals surface area contributed by atoms with Crippen molar-refractivity contribution in [2.45, 2.75) is 25.4 Å². The van der Waals surface area contributed by atoms with Crippen molar-refractivity contribution in [1.29, 1.82) is 0 Å². The Hall–Kier alpha value is -1.62. The molecular formula is C14H21NO4. The zero-order chi connectivity index (χ0) is 14.1. The highest BCUT2D eigenvalue weighted by molar-refractivity contribution is 5.87. The molecule has 0 aromatic heterocycles. The summed E-state index contributed by atoms with van der Waals surface area (Å²) in [6.07, 6.45) is 6.25. The molecule has 0 aromatic rings. The zero-order valence-corrected chi connectivity index (χ0v) is 11.2. The predicted molar refractivity (Wildman–Crippen MR) is 71.5 cm³/mol. The zero-order valence-electron chi connectivity index (χ0n) is 11.2. The number of nitrogens with zero attached hydrogens (tertiary/aromatic N) is 1. The van der Waals surface area contributed by atoms with Crippen molar-refractivity contribution in [3.63, 3.8) is 0 Å². The van der Waals surface area contributed by atoms with Gasteiger partial charge in [0, 0.05) is 19.2 Å². The highest BCUT2D eigenvalue weighted by Crippen LogP contribution is 2.08. The van der Waals surface area contributed by atoms with Gasteiger partial charge in [0.25, 0.3) is 0 Å². The number of ether oxygens (including phenoxy) is 2. The maximum atomic E-state index is 11.0. The second-order valence-electron chi connectivity index (χ2n) is 4.38. The minimum Gasteiger partial charge on any atom is -0.460 e. The third-order valence-electron chi connectivity index (χ3n) is 2.82. The molecule has 2 fully saturated rings. The third-order valence-corrected chi connectivity index (χ3v) is 2.82. The smallest absolute Gasteiger partial charge is 0.330 e. The first-order valence-corrected chi connectivity index (χ1v) is 6.49. The van der Waals surface area contributed by atoms with Crippen molar-refractivity contribution in [1.82, 2.24) is 4.90 Å². The molecule has 0 bridgehead atoms.